The molecule has 2 aromatic carbocycles. The van der Waals surface area contributed by atoms with E-state index in [9.17, 15) is 18.0 Å². The molecule has 0 fully saturated rings. The van der Waals surface area contributed by atoms with Gasteiger partial charge in [-0.1, -0.05) is 17.7 Å². The van der Waals surface area contributed by atoms with E-state index in [-0.39, 0.29) is 30.2 Å². The molecule has 0 aliphatic carbocycles. The molecule has 0 aliphatic rings. The van der Waals surface area contributed by atoms with Gasteiger partial charge in [0.25, 0.3) is 0 Å². The van der Waals surface area contributed by atoms with Crippen LogP contribution in [0.25, 0.3) is 11.4 Å². The molecule has 0 amide bonds. The lowest BCUT2D eigenvalue weighted by Crippen LogP contribution is -2.16. The zero-order valence-corrected chi connectivity index (χ0v) is 17.8. The lowest BCUT2D eigenvalue weighted by Gasteiger charge is -2.17. The van der Waals surface area contributed by atoms with Crippen molar-refractivity contribution < 1.29 is 22.7 Å². The summed E-state index contributed by atoms with van der Waals surface area (Å²) in [7, 11) is 0. The average Bonchev–Trinajstić information content (AvgIpc) is 2.75. The summed E-state index contributed by atoms with van der Waals surface area (Å²) in [4.78, 5) is 20.0. The summed E-state index contributed by atoms with van der Waals surface area (Å²) in [5.41, 5.74) is -0.0464. The van der Waals surface area contributed by atoms with Gasteiger partial charge < -0.3 is 10.1 Å². The van der Waals surface area contributed by atoms with E-state index >= 15 is 0 Å². The molecule has 0 bridgehead atoms. The zero-order valence-electron chi connectivity index (χ0n) is 17.0. The highest BCUT2D eigenvalue weighted by atomic mass is 35.5. The van der Waals surface area contributed by atoms with Crippen molar-refractivity contribution in [3.8, 4) is 11.4 Å². The molecule has 166 valence electrons. The molecular formula is C23H19ClF3N3O2. The highest BCUT2D eigenvalue weighted by Crippen LogP contribution is 2.36. The van der Waals surface area contributed by atoms with Crippen molar-refractivity contribution in [3.63, 3.8) is 0 Å². The molecule has 0 saturated heterocycles. The topological polar surface area (TPSA) is 64.1 Å². The van der Waals surface area contributed by atoms with Crippen LogP contribution in [0.1, 0.15) is 28.5 Å². The third kappa shape index (κ3) is 5.45. The summed E-state index contributed by atoms with van der Waals surface area (Å²) < 4.78 is 46.5. The van der Waals surface area contributed by atoms with Crippen molar-refractivity contribution in [3.05, 3.63) is 83.0 Å². The number of rotatable bonds is 7. The predicted molar refractivity (Wildman–Crippen MR) is 117 cm³/mol. The van der Waals surface area contributed by atoms with E-state index in [1.165, 1.54) is 18.2 Å². The molecule has 0 aliphatic heterocycles. The van der Waals surface area contributed by atoms with Gasteiger partial charge in [0, 0.05) is 21.8 Å². The SMILES string of the molecule is C=CCc1c(Nc2ccc(C(=O)OCC)cc2)nc(-c2ccc(Cl)cc2)nc1C(F)(F)F. The lowest BCUT2D eigenvalue weighted by molar-refractivity contribution is -0.141. The summed E-state index contributed by atoms with van der Waals surface area (Å²) in [5.74, 6) is -0.605. The Morgan fingerprint density at radius 1 is 1.12 bits per heavy atom. The second-order valence-electron chi connectivity index (χ2n) is 6.64. The van der Waals surface area contributed by atoms with Crippen LogP contribution in [0, 0.1) is 0 Å². The molecule has 0 atom stereocenters. The Labute approximate surface area is 187 Å². The molecule has 1 aromatic heterocycles. The summed E-state index contributed by atoms with van der Waals surface area (Å²) in [6.45, 7) is 5.48. The second-order valence-corrected chi connectivity index (χ2v) is 7.08. The number of carbonyl (C=O) groups excluding carboxylic acids is 1. The minimum Gasteiger partial charge on any atom is -0.462 e. The van der Waals surface area contributed by atoms with Crippen molar-refractivity contribution >= 4 is 29.1 Å². The minimum absolute atomic E-state index is 0.0129. The first-order valence-corrected chi connectivity index (χ1v) is 10.00. The van der Waals surface area contributed by atoms with Gasteiger partial charge in [0.15, 0.2) is 11.5 Å². The smallest absolute Gasteiger partial charge is 0.433 e. The Kier molecular flexibility index (Phi) is 7.15. The van der Waals surface area contributed by atoms with Crippen molar-refractivity contribution in [1.29, 1.82) is 0 Å². The maximum absolute atomic E-state index is 13.8. The maximum Gasteiger partial charge on any atom is 0.433 e. The molecule has 0 spiro atoms. The summed E-state index contributed by atoms with van der Waals surface area (Å²) in [6, 6.07) is 12.3. The van der Waals surface area contributed by atoms with E-state index in [4.69, 9.17) is 16.3 Å². The molecule has 5 nitrogen and oxygen atoms in total. The first-order valence-electron chi connectivity index (χ1n) is 9.62. The van der Waals surface area contributed by atoms with Gasteiger partial charge in [0.1, 0.15) is 5.82 Å². The molecule has 3 rings (SSSR count). The van der Waals surface area contributed by atoms with Crippen molar-refractivity contribution in [2.75, 3.05) is 11.9 Å². The van der Waals surface area contributed by atoms with Gasteiger partial charge in [-0.15, -0.1) is 6.58 Å². The van der Waals surface area contributed by atoms with Crippen LogP contribution in [-0.2, 0) is 17.3 Å². The number of benzene rings is 2. The fourth-order valence-corrected chi connectivity index (χ4v) is 3.05. The van der Waals surface area contributed by atoms with E-state index < -0.39 is 17.8 Å². The van der Waals surface area contributed by atoms with Gasteiger partial charge >= 0.3 is 12.1 Å². The number of allylic oxidation sites excluding steroid dienone is 1. The van der Waals surface area contributed by atoms with Gasteiger partial charge in [-0.2, -0.15) is 13.2 Å². The number of carbonyl (C=O) groups is 1. The third-order valence-corrected chi connectivity index (χ3v) is 4.64. The number of nitrogens with zero attached hydrogens (tertiary/aromatic N) is 2. The van der Waals surface area contributed by atoms with Crippen LogP contribution in [-0.4, -0.2) is 22.5 Å². The monoisotopic (exact) mass is 461 g/mol. The molecule has 1 heterocycles. The van der Waals surface area contributed by atoms with Crippen LogP contribution in [0.15, 0.2) is 61.2 Å². The normalized spacial score (nSPS) is 11.2. The number of nitrogens with one attached hydrogen (secondary N) is 1. The number of hydrogen-bond donors (Lipinski definition) is 1. The van der Waals surface area contributed by atoms with Crippen LogP contribution in [0.4, 0.5) is 24.7 Å². The Hall–Kier alpha value is -3.39. The fraction of sp³-hybridized carbons (Fsp3) is 0.174. The van der Waals surface area contributed by atoms with Crippen molar-refractivity contribution in [2.24, 2.45) is 0 Å². The van der Waals surface area contributed by atoms with E-state index in [1.54, 1.807) is 43.3 Å². The quantitative estimate of drug-likeness (QED) is 0.323. The van der Waals surface area contributed by atoms with E-state index in [1.807, 2.05) is 0 Å². The van der Waals surface area contributed by atoms with E-state index in [0.29, 0.717) is 21.8 Å². The van der Waals surface area contributed by atoms with Crippen molar-refractivity contribution in [1.82, 2.24) is 9.97 Å². The molecular weight excluding hydrogens is 443 g/mol. The van der Waals surface area contributed by atoms with Gasteiger partial charge in [0.2, 0.25) is 0 Å². The van der Waals surface area contributed by atoms with Gasteiger partial charge in [-0.3, -0.25) is 0 Å². The lowest BCUT2D eigenvalue weighted by atomic mass is 10.1. The Morgan fingerprint density at radius 3 is 2.34 bits per heavy atom. The highest BCUT2D eigenvalue weighted by molar-refractivity contribution is 6.30. The van der Waals surface area contributed by atoms with Gasteiger partial charge in [0.05, 0.1) is 12.2 Å². The molecule has 0 radical (unpaired) electrons. The Morgan fingerprint density at radius 2 is 1.78 bits per heavy atom. The van der Waals surface area contributed by atoms with Crippen LogP contribution < -0.4 is 5.32 Å². The standard InChI is InChI=1S/C23H19ClF3N3O2/c1-3-5-18-19(23(25,26)27)29-20(14-6-10-16(24)11-7-14)30-21(18)28-17-12-8-15(9-13-17)22(31)32-4-2/h3,6-13H,1,4-5H2,2H3,(H,28,29,30). The first-order chi connectivity index (χ1) is 15.2. The molecule has 0 saturated carbocycles. The number of ether oxygens (including phenoxy) is 1. The Bertz CT molecular complexity index is 1120. The van der Waals surface area contributed by atoms with Crippen LogP contribution in [0.5, 0.6) is 0 Å². The number of anilines is 2. The van der Waals surface area contributed by atoms with Gasteiger partial charge in [-0.05, 0) is 61.9 Å². The summed E-state index contributed by atoms with van der Waals surface area (Å²) in [5, 5.41) is 3.35. The number of halogens is 4. The molecule has 0 unspecified atom stereocenters. The second kappa shape index (κ2) is 9.82. The fourth-order valence-electron chi connectivity index (χ4n) is 2.93. The summed E-state index contributed by atoms with van der Waals surface area (Å²) >= 11 is 5.89. The highest BCUT2D eigenvalue weighted by Gasteiger charge is 2.37. The number of aromatic nitrogens is 2. The maximum atomic E-state index is 13.8. The van der Waals surface area contributed by atoms with Crippen molar-refractivity contribution in [2.45, 2.75) is 19.5 Å². The average molecular weight is 462 g/mol. The number of esters is 1. The van der Waals surface area contributed by atoms with Crippen LogP contribution >= 0.6 is 11.6 Å². The number of alkyl halides is 3. The minimum atomic E-state index is -4.70. The molecule has 3 aromatic rings. The first kappa shape index (κ1) is 23.3. The number of hydrogen-bond acceptors (Lipinski definition) is 5. The largest absolute Gasteiger partial charge is 0.462 e. The Balaban J connectivity index is 2.07. The summed E-state index contributed by atoms with van der Waals surface area (Å²) in [6.07, 6.45) is -3.45. The van der Waals surface area contributed by atoms with Crippen LogP contribution in [0.2, 0.25) is 5.02 Å². The molecule has 32 heavy (non-hydrogen) atoms. The zero-order chi connectivity index (χ0) is 23.3. The molecule has 9 heteroatoms. The molecule has 1 N–H and O–H groups in total. The third-order valence-electron chi connectivity index (χ3n) is 4.39. The van der Waals surface area contributed by atoms with E-state index in [0.717, 1.165) is 0 Å². The van der Waals surface area contributed by atoms with Gasteiger partial charge in [-0.25, -0.2) is 14.8 Å². The van der Waals surface area contributed by atoms with E-state index in [2.05, 4.69) is 21.9 Å². The van der Waals surface area contributed by atoms with Crippen LogP contribution in [0.3, 0.4) is 0 Å². The predicted octanol–water partition coefficient (Wildman–Crippen LogP) is 6.46.